The molecule has 0 atom stereocenters. The van der Waals surface area contributed by atoms with Crippen LogP contribution in [0.15, 0.2) is 0 Å². The number of ether oxygens (including phenoxy) is 1. The van der Waals surface area contributed by atoms with E-state index >= 15 is 0 Å². The summed E-state index contributed by atoms with van der Waals surface area (Å²) in [4.78, 5) is 23.0. The van der Waals surface area contributed by atoms with Crippen LogP contribution in [0.3, 0.4) is 0 Å². The molecule has 0 aliphatic heterocycles. The Morgan fingerprint density at radius 2 is 2.06 bits per heavy atom. The van der Waals surface area contributed by atoms with Crippen molar-refractivity contribution in [2.24, 2.45) is 11.7 Å². The molecule has 1 aliphatic carbocycles. The fourth-order valence-corrected chi connectivity index (χ4v) is 2.20. The van der Waals surface area contributed by atoms with Crippen LogP contribution in [-0.4, -0.2) is 42.3 Å². The van der Waals surface area contributed by atoms with Gasteiger partial charge in [0.1, 0.15) is 12.1 Å². The number of hydrogen-bond donors (Lipinski definition) is 3. The number of nitrogens with one attached hydrogen (secondary N) is 1. The summed E-state index contributed by atoms with van der Waals surface area (Å²) in [5.74, 6) is -0.829. The zero-order chi connectivity index (χ0) is 13.6. The molecule has 1 saturated carbocycles. The molecule has 0 unspecified atom stereocenters. The minimum absolute atomic E-state index is 0.137. The summed E-state index contributed by atoms with van der Waals surface area (Å²) in [6.45, 7) is 2.60. The van der Waals surface area contributed by atoms with Crippen molar-refractivity contribution < 1.29 is 19.4 Å². The Kier molecular flexibility index (Phi) is 5.55. The second-order valence-corrected chi connectivity index (χ2v) is 4.96. The van der Waals surface area contributed by atoms with Gasteiger partial charge in [0.15, 0.2) is 0 Å². The Hall–Kier alpha value is -1.14. The van der Waals surface area contributed by atoms with E-state index in [1.54, 1.807) is 0 Å². The van der Waals surface area contributed by atoms with Gasteiger partial charge in [-0.2, -0.15) is 0 Å². The van der Waals surface area contributed by atoms with Crippen molar-refractivity contribution in [3.8, 4) is 0 Å². The van der Waals surface area contributed by atoms with E-state index in [0.29, 0.717) is 31.9 Å². The Bertz CT molecular complexity index is 298. The standard InChI is InChI=1S/C12H22N2O4/c1-9-2-4-12(5-3-9,11(16)17)14-10(15)8-18-7-6-13/h9H,2-8,13H2,1H3,(H,14,15)(H,16,17). The molecule has 1 amide bonds. The molecule has 0 spiro atoms. The number of amides is 1. The lowest BCUT2D eigenvalue weighted by Crippen LogP contribution is -2.57. The molecular weight excluding hydrogens is 236 g/mol. The van der Waals surface area contributed by atoms with Gasteiger partial charge < -0.3 is 20.9 Å². The molecular formula is C12H22N2O4. The van der Waals surface area contributed by atoms with Gasteiger partial charge in [-0.25, -0.2) is 4.79 Å². The summed E-state index contributed by atoms with van der Waals surface area (Å²) in [5, 5.41) is 11.9. The first kappa shape index (κ1) is 14.9. The molecule has 0 radical (unpaired) electrons. The third-order valence-electron chi connectivity index (χ3n) is 3.41. The monoisotopic (exact) mass is 258 g/mol. The molecule has 6 nitrogen and oxygen atoms in total. The normalized spacial score (nSPS) is 27.8. The second-order valence-electron chi connectivity index (χ2n) is 4.96. The van der Waals surface area contributed by atoms with E-state index in [9.17, 15) is 14.7 Å². The maximum absolute atomic E-state index is 11.6. The van der Waals surface area contributed by atoms with E-state index in [2.05, 4.69) is 12.2 Å². The molecule has 18 heavy (non-hydrogen) atoms. The van der Waals surface area contributed by atoms with Crippen molar-refractivity contribution in [1.82, 2.24) is 5.32 Å². The number of carboxylic acid groups (broad SMARTS) is 1. The molecule has 1 rings (SSSR count). The third-order valence-corrected chi connectivity index (χ3v) is 3.41. The minimum atomic E-state index is -1.12. The Balaban J connectivity index is 2.52. The highest BCUT2D eigenvalue weighted by Gasteiger charge is 2.42. The van der Waals surface area contributed by atoms with Crippen molar-refractivity contribution in [3.63, 3.8) is 0 Å². The van der Waals surface area contributed by atoms with Crippen LogP contribution in [0.1, 0.15) is 32.6 Å². The highest BCUT2D eigenvalue weighted by molar-refractivity contribution is 5.87. The molecule has 0 aromatic heterocycles. The van der Waals surface area contributed by atoms with Crippen molar-refractivity contribution in [3.05, 3.63) is 0 Å². The highest BCUT2D eigenvalue weighted by Crippen LogP contribution is 2.32. The molecule has 0 aromatic carbocycles. The quantitative estimate of drug-likeness (QED) is 0.587. The Labute approximate surface area is 107 Å². The van der Waals surface area contributed by atoms with E-state index in [4.69, 9.17) is 10.5 Å². The number of carbonyl (C=O) groups is 2. The van der Waals surface area contributed by atoms with Crippen LogP contribution in [-0.2, 0) is 14.3 Å². The third kappa shape index (κ3) is 3.96. The number of rotatable bonds is 6. The second kappa shape index (κ2) is 6.70. The van der Waals surface area contributed by atoms with Gasteiger partial charge in [-0.1, -0.05) is 6.92 Å². The van der Waals surface area contributed by atoms with Crippen LogP contribution < -0.4 is 11.1 Å². The molecule has 1 aliphatic rings. The van der Waals surface area contributed by atoms with E-state index < -0.39 is 11.5 Å². The average Bonchev–Trinajstić information content (AvgIpc) is 2.32. The zero-order valence-corrected chi connectivity index (χ0v) is 10.8. The number of carbonyl (C=O) groups excluding carboxylic acids is 1. The van der Waals surface area contributed by atoms with Crippen LogP contribution in [0, 0.1) is 5.92 Å². The van der Waals surface area contributed by atoms with Crippen LogP contribution in [0.25, 0.3) is 0 Å². The predicted molar refractivity (Wildman–Crippen MR) is 66.0 cm³/mol. The first-order chi connectivity index (χ1) is 8.50. The lowest BCUT2D eigenvalue weighted by Gasteiger charge is -2.36. The lowest BCUT2D eigenvalue weighted by molar-refractivity contribution is -0.150. The Morgan fingerprint density at radius 3 is 2.56 bits per heavy atom. The van der Waals surface area contributed by atoms with Crippen molar-refractivity contribution in [2.75, 3.05) is 19.8 Å². The summed E-state index contributed by atoms with van der Waals surface area (Å²) in [6.07, 6.45) is 2.59. The van der Waals surface area contributed by atoms with Crippen LogP contribution >= 0.6 is 0 Å². The van der Waals surface area contributed by atoms with Gasteiger partial charge in [-0.3, -0.25) is 4.79 Å². The predicted octanol–water partition coefficient (Wildman–Crippen LogP) is 0.111. The smallest absolute Gasteiger partial charge is 0.329 e. The topological polar surface area (TPSA) is 102 Å². The van der Waals surface area contributed by atoms with Crippen molar-refractivity contribution in [2.45, 2.75) is 38.1 Å². The summed E-state index contributed by atoms with van der Waals surface area (Å²) in [5.41, 5.74) is 4.12. The summed E-state index contributed by atoms with van der Waals surface area (Å²) in [6, 6.07) is 0. The number of aliphatic carboxylic acids is 1. The van der Waals surface area contributed by atoms with Gasteiger partial charge >= 0.3 is 5.97 Å². The number of hydrogen-bond acceptors (Lipinski definition) is 4. The highest BCUT2D eigenvalue weighted by atomic mass is 16.5. The minimum Gasteiger partial charge on any atom is -0.480 e. The number of carboxylic acids is 1. The van der Waals surface area contributed by atoms with Gasteiger partial charge in [-0.15, -0.1) is 0 Å². The van der Waals surface area contributed by atoms with Gasteiger partial charge in [0.25, 0.3) is 0 Å². The lowest BCUT2D eigenvalue weighted by atomic mass is 9.77. The summed E-state index contributed by atoms with van der Waals surface area (Å²) in [7, 11) is 0. The first-order valence-electron chi connectivity index (χ1n) is 6.32. The number of nitrogens with two attached hydrogens (primary N) is 1. The molecule has 6 heteroatoms. The average molecular weight is 258 g/mol. The van der Waals surface area contributed by atoms with Crippen molar-refractivity contribution in [1.29, 1.82) is 0 Å². The molecule has 0 aromatic rings. The molecule has 1 fully saturated rings. The molecule has 0 heterocycles. The van der Waals surface area contributed by atoms with E-state index in [1.807, 2.05) is 0 Å². The zero-order valence-electron chi connectivity index (χ0n) is 10.8. The van der Waals surface area contributed by atoms with Gasteiger partial charge in [-0.05, 0) is 31.6 Å². The summed E-state index contributed by atoms with van der Waals surface area (Å²) < 4.78 is 5.00. The first-order valence-corrected chi connectivity index (χ1v) is 6.32. The fraction of sp³-hybridized carbons (Fsp3) is 0.833. The van der Waals surface area contributed by atoms with Gasteiger partial charge in [0, 0.05) is 6.54 Å². The summed E-state index contributed by atoms with van der Waals surface area (Å²) >= 11 is 0. The SMILES string of the molecule is CC1CCC(NC(=O)COCCN)(C(=O)O)CC1. The molecule has 0 bridgehead atoms. The van der Waals surface area contributed by atoms with Crippen LogP contribution in [0.5, 0.6) is 0 Å². The Morgan fingerprint density at radius 1 is 1.44 bits per heavy atom. The van der Waals surface area contributed by atoms with Gasteiger partial charge in [0.05, 0.1) is 6.61 Å². The molecule has 4 N–H and O–H groups in total. The van der Waals surface area contributed by atoms with Crippen molar-refractivity contribution >= 4 is 11.9 Å². The van der Waals surface area contributed by atoms with E-state index in [0.717, 1.165) is 12.8 Å². The van der Waals surface area contributed by atoms with E-state index in [1.165, 1.54) is 0 Å². The fourth-order valence-electron chi connectivity index (χ4n) is 2.20. The maximum Gasteiger partial charge on any atom is 0.329 e. The van der Waals surface area contributed by atoms with Crippen LogP contribution in [0.4, 0.5) is 0 Å². The maximum atomic E-state index is 11.6. The van der Waals surface area contributed by atoms with E-state index in [-0.39, 0.29) is 12.5 Å². The molecule has 0 saturated heterocycles. The largest absolute Gasteiger partial charge is 0.480 e. The van der Waals surface area contributed by atoms with Crippen LogP contribution in [0.2, 0.25) is 0 Å². The molecule has 104 valence electrons. The van der Waals surface area contributed by atoms with Gasteiger partial charge in [0.2, 0.25) is 5.91 Å².